The van der Waals surface area contributed by atoms with Crippen molar-refractivity contribution in [2.24, 2.45) is 0 Å². The number of carbonyl (C=O) groups excluding carboxylic acids is 1. The van der Waals surface area contributed by atoms with Gasteiger partial charge in [-0.2, -0.15) is 15.1 Å². The lowest BCUT2D eigenvalue weighted by Gasteiger charge is -2.26. The fourth-order valence-corrected chi connectivity index (χ4v) is 5.09. The van der Waals surface area contributed by atoms with E-state index in [0.717, 1.165) is 30.9 Å². The van der Waals surface area contributed by atoms with Crippen molar-refractivity contribution in [3.8, 4) is 0 Å². The van der Waals surface area contributed by atoms with E-state index in [2.05, 4.69) is 30.7 Å². The highest BCUT2D eigenvalue weighted by molar-refractivity contribution is 6.31. The summed E-state index contributed by atoms with van der Waals surface area (Å²) in [4.78, 5) is 26.3. The van der Waals surface area contributed by atoms with E-state index < -0.39 is 5.82 Å². The second-order valence-corrected chi connectivity index (χ2v) is 9.83. The molecular formula is C25H30ClFN8O2. The molecule has 37 heavy (non-hydrogen) atoms. The van der Waals surface area contributed by atoms with Crippen molar-refractivity contribution in [3.63, 3.8) is 0 Å². The van der Waals surface area contributed by atoms with Crippen LogP contribution in [-0.4, -0.2) is 76.4 Å². The molecule has 1 amide bonds. The number of benzene rings is 1. The summed E-state index contributed by atoms with van der Waals surface area (Å²) in [6.45, 7) is 4.31. The molecule has 2 fully saturated rings. The number of aromatic nitrogens is 4. The second kappa shape index (κ2) is 10.9. The molecule has 196 valence electrons. The first-order valence-electron chi connectivity index (χ1n) is 12.3. The van der Waals surface area contributed by atoms with E-state index in [0.29, 0.717) is 43.7 Å². The minimum absolute atomic E-state index is 0.0228. The number of ether oxygens (including phenoxy) is 1. The summed E-state index contributed by atoms with van der Waals surface area (Å²) in [5, 5.41) is 13.7. The summed E-state index contributed by atoms with van der Waals surface area (Å²) >= 11 is 5.87. The summed E-state index contributed by atoms with van der Waals surface area (Å²) < 4.78 is 19.8. The number of amides is 1. The standard InChI is InChI=1S/C25H30ClFN8O2/c1-15-11-21(33-32-15)29-20-12-22(35-9-4-5-17(35)14-37-2)31-25(30-20)28-16-8-10-34(13-16)24(36)18-6-3-7-19(26)23(18)27/h3,6-7,11-12,16-17H,4-5,8-10,13-14H2,1-2H3,(H3,28,29,30,31,32,33)/t16-,17+/m0/s1. The number of H-pyrrole nitrogens is 1. The first-order chi connectivity index (χ1) is 17.9. The quantitative estimate of drug-likeness (QED) is 0.402. The van der Waals surface area contributed by atoms with Gasteiger partial charge >= 0.3 is 0 Å². The van der Waals surface area contributed by atoms with Crippen LogP contribution in [0.1, 0.15) is 35.3 Å². The molecule has 5 rings (SSSR count). The molecule has 2 saturated heterocycles. The number of aromatic amines is 1. The van der Waals surface area contributed by atoms with E-state index in [1.165, 1.54) is 12.1 Å². The van der Waals surface area contributed by atoms with Crippen LogP contribution in [0.3, 0.4) is 0 Å². The van der Waals surface area contributed by atoms with Gasteiger partial charge in [0.2, 0.25) is 5.95 Å². The number of likely N-dealkylation sites (tertiary alicyclic amines) is 1. The van der Waals surface area contributed by atoms with E-state index in [-0.39, 0.29) is 28.6 Å². The van der Waals surface area contributed by atoms with Crippen LogP contribution in [0.4, 0.5) is 27.8 Å². The smallest absolute Gasteiger partial charge is 0.256 e. The Morgan fingerprint density at radius 1 is 1.24 bits per heavy atom. The van der Waals surface area contributed by atoms with Crippen molar-refractivity contribution in [1.29, 1.82) is 0 Å². The van der Waals surface area contributed by atoms with Crippen LogP contribution in [-0.2, 0) is 4.74 Å². The third kappa shape index (κ3) is 5.62. The minimum atomic E-state index is -0.692. The predicted octanol–water partition coefficient (Wildman–Crippen LogP) is 3.99. The van der Waals surface area contributed by atoms with E-state index >= 15 is 0 Å². The highest BCUT2D eigenvalue weighted by Gasteiger charge is 2.30. The van der Waals surface area contributed by atoms with Crippen molar-refractivity contribution < 1.29 is 13.9 Å². The van der Waals surface area contributed by atoms with E-state index in [4.69, 9.17) is 21.3 Å². The molecule has 4 heterocycles. The Bertz CT molecular complexity index is 1270. The molecule has 1 aromatic carbocycles. The number of aryl methyl sites for hydroxylation is 1. The molecule has 2 aliphatic heterocycles. The highest BCUT2D eigenvalue weighted by Crippen LogP contribution is 2.29. The Balaban J connectivity index is 1.35. The summed E-state index contributed by atoms with van der Waals surface area (Å²) in [7, 11) is 1.71. The van der Waals surface area contributed by atoms with E-state index in [1.54, 1.807) is 18.1 Å². The number of hydrogen-bond donors (Lipinski definition) is 3. The van der Waals surface area contributed by atoms with Gasteiger partial charge in [-0.3, -0.25) is 9.89 Å². The van der Waals surface area contributed by atoms with E-state index in [1.807, 2.05) is 19.1 Å². The zero-order chi connectivity index (χ0) is 25.9. The molecule has 0 aliphatic carbocycles. The van der Waals surface area contributed by atoms with Crippen LogP contribution in [0.2, 0.25) is 5.02 Å². The molecule has 0 radical (unpaired) electrons. The normalized spacial score (nSPS) is 19.5. The maximum atomic E-state index is 14.4. The lowest BCUT2D eigenvalue weighted by Crippen LogP contribution is -2.34. The number of hydrogen-bond acceptors (Lipinski definition) is 8. The number of halogens is 2. The van der Waals surface area contributed by atoms with Crippen LogP contribution in [0, 0.1) is 12.7 Å². The molecule has 3 N–H and O–H groups in total. The molecule has 3 aromatic rings. The monoisotopic (exact) mass is 528 g/mol. The summed E-state index contributed by atoms with van der Waals surface area (Å²) in [5.74, 6) is 1.43. The van der Waals surface area contributed by atoms with Gasteiger partial charge in [-0.1, -0.05) is 17.7 Å². The van der Waals surface area contributed by atoms with Crippen LogP contribution >= 0.6 is 11.6 Å². The first kappa shape index (κ1) is 25.2. The van der Waals surface area contributed by atoms with Gasteiger partial charge in [-0.05, 0) is 38.3 Å². The van der Waals surface area contributed by atoms with Gasteiger partial charge in [0.15, 0.2) is 11.6 Å². The molecule has 10 nitrogen and oxygen atoms in total. The fraction of sp³-hybridized carbons (Fsp3) is 0.440. The zero-order valence-electron chi connectivity index (χ0n) is 20.8. The third-order valence-electron chi connectivity index (χ3n) is 6.70. The summed E-state index contributed by atoms with van der Waals surface area (Å²) in [6, 6.07) is 8.42. The predicted molar refractivity (Wildman–Crippen MR) is 140 cm³/mol. The number of nitrogens with one attached hydrogen (secondary N) is 3. The Morgan fingerprint density at radius 3 is 2.89 bits per heavy atom. The lowest BCUT2D eigenvalue weighted by molar-refractivity contribution is 0.0787. The molecule has 12 heteroatoms. The molecule has 0 bridgehead atoms. The number of anilines is 4. The Hall–Kier alpha value is -3.44. The topological polar surface area (TPSA) is 111 Å². The molecule has 2 aliphatic rings. The van der Waals surface area contributed by atoms with Gasteiger partial charge in [-0.15, -0.1) is 0 Å². The van der Waals surface area contributed by atoms with Gasteiger partial charge in [-0.25, -0.2) is 4.39 Å². The lowest BCUT2D eigenvalue weighted by atomic mass is 10.2. The van der Waals surface area contributed by atoms with Gasteiger partial charge < -0.3 is 25.2 Å². The van der Waals surface area contributed by atoms with Gasteiger partial charge in [0.05, 0.1) is 23.2 Å². The van der Waals surface area contributed by atoms with Crippen molar-refractivity contribution in [3.05, 3.63) is 52.4 Å². The van der Waals surface area contributed by atoms with Crippen molar-refractivity contribution in [2.75, 3.05) is 48.9 Å². The fourth-order valence-electron chi connectivity index (χ4n) is 4.91. The van der Waals surface area contributed by atoms with Crippen LogP contribution in [0.25, 0.3) is 0 Å². The average Bonchev–Trinajstić information content (AvgIpc) is 3.62. The zero-order valence-corrected chi connectivity index (χ0v) is 21.6. The van der Waals surface area contributed by atoms with Crippen molar-refractivity contribution in [1.82, 2.24) is 25.1 Å². The largest absolute Gasteiger partial charge is 0.383 e. The molecule has 0 saturated carbocycles. The van der Waals surface area contributed by atoms with Gasteiger partial charge in [0.1, 0.15) is 11.6 Å². The number of nitrogens with zero attached hydrogens (tertiary/aromatic N) is 5. The Morgan fingerprint density at radius 2 is 2.11 bits per heavy atom. The minimum Gasteiger partial charge on any atom is -0.383 e. The highest BCUT2D eigenvalue weighted by atomic mass is 35.5. The maximum Gasteiger partial charge on any atom is 0.256 e. The molecule has 2 aromatic heterocycles. The van der Waals surface area contributed by atoms with Crippen molar-refractivity contribution >= 4 is 40.9 Å². The summed E-state index contributed by atoms with van der Waals surface area (Å²) in [6.07, 6.45) is 2.77. The van der Waals surface area contributed by atoms with Gasteiger partial charge in [0, 0.05) is 50.6 Å². The van der Waals surface area contributed by atoms with Crippen LogP contribution in [0.15, 0.2) is 30.3 Å². The SMILES string of the molecule is COC[C@H]1CCCN1c1cc(Nc2cc(C)[nH]n2)nc(N[C@H]2CCN(C(=O)c3cccc(Cl)c3F)C2)n1. The number of rotatable bonds is 8. The summed E-state index contributed by atoms with van der Waals surface area (Å²) in [5.41, 5.74) is 0.909. The molecular weight excluding hydrogens is 499 g/mol. The third-order valence-corrected chi connectivity index (χ3v) is 6.99. The second-order valence-electron chi connectivity index (χ2n) is 9.42. The maximum absolute atomic E-state index is 14.4. The first-order valence-corrected chi connectivity index (χ1v) is 12.7. The Labute approximate surface area is 219 Å². The van der Waals surface area contributed by atoms with Crippen LogP contribution < -0.4 is 15.5 Å². The van der Waals surface area contributed by atoms with Crippen LogP contribution in [0.5, 0.6) is 0 Å². The Kier molecular flexibility index (Phi) is 7.43. The molecule has 2 atom stereocenters. The van der Waals surface area contributed by atoms with Gasteiger partial charge in [0.25, 0.3) is 5.91 Å². The van der Waals surface area contributed by atoms with Crippen molar-refractivity contribution in [2.45, 2.75) is 38.3 Å². The number of carbonyl (C=O) groups is 1. The molecule has 0 unspecified atom stereocenters. The average molecular weight is 529 g/mol. The number of methoxy groups -OCH3 is 1. The molecule has 0 spiro atoms. The van der Waals surface area contributed by atoms with E-state index in [9.17, 15) is 9.18 Å².